The van der Waals surface area contributed by atoms with Gasteiger partial charge in [0.25, 0.3) is 0 Å². The van der Waals surface area contributed by atoms with Crippen LogP contribution in [0.4, 0.5) is 0 Å². The van der Waals surface area contributed by atoms with Crippen LogP contribution < -0.4 is 0 Å². The Hall–Kier alpha value is -1.71. The van der Waals surface area contributed by atoms with E-state index in [9.17, 15) is 4.79 Å². The van der Waals surface area contributed by atoms with Crippen LogP contribution in [-0.2, 0) is 20.9 Å². The van der Waals surface area contributed by atoms with Gasteiger partial charge in [-0.2, -0.15) is 0 Å². The molecule has 0 spiro atoms. The average molecular weight is 288 g/mol. The van der Waals surface area contributed by atoms with Crippen molar-refractivity contribution in [1.29, 1.82) is 0 Å². The summed E-state index contributed by atoms with van der Waals surface area (Å²) in [5.41, 5.74) is 1.16. The van der Waals surface area contributed by atoms with Crippen LogP contribution in [-0.4, -0.2) is 26.6 Å². The molecule has 3 heteroatoms. The van der Waals surface area contributed by atoms with E-state index < -0.39 is 0 Å². The van der Waals surface area contributed by atoms with E-state index in [1.54, 1.807) is 7.11 Å². The molecule has 1 atom stereocenters. The lowest BCUT2D eigenvalue weighted by Gasteiger charge is -2.12. The Bertz CT molecular complexity index is 423. The minimum absolute atomic E-state index is 0.256. The average Bonchev–Trinajstić information content (AvgIpc) is 2.52. The van der Waals surface area contributed by atoms with Crippen LogP contribution >= 0.6 is 0 Å². The lowest BCUT2D eigenvalue weighted by molar-refractivity contribution is -0.108. The third-order valence-corrected chi connectivity index (χ3v) is 2.99. The summed E-state index contributed by atoms with van der Waals surface area (Å²) in [5.74, 6) is 0.256. The van der Waals surface area contributed by atoms with Crippen LogP contribution in [0.1, 0.15) is 18.4 Å². The lowest BCUT2D eigenvalue weighted by Crippen LogP contribution is -2.07. The van der Waals surface area contributed by atoms with Crippen molar-refractivity contribution in [2.75, 3.05) is 20.3 Å². The maximum Gasteiger partial charge on any atom is 0.120 e. The number of methoxy groups -OCH3 is 1. The summed E-state index contributed by atoms with van der Waals surface area (Å²) in [7, 11) is 1.67. The van der Waals surface area contributed by atoms with E-state index >= 15 is 0 Å². The minimum Gasteiger partial charge on any atom is -0.381 e. The molecule has 0 aliphatic heterocycles. The van der Waals surface area contributed by atoms with Gasteiger partial charge in [-0.05, 0) is 12.0 Å². The predicted molar refractivity (Wildman–Crippen MR) is 85.0 cm³/mol. The smallest absolute Gasteiger partial charge is 0.120 e. The molecule has 114 valence electrons. The van der Waals surface area contributed by atoms with E-state index in [2.05, 4.69) is 6.08 Å². The second kappa shape index (κ2) is 12.1. The molecule has 0 aromatic heterocycles. The van der Waals surface area contributed by atoms with Crippen molar-refractivity contribution in [1.82, 2.24) is 0 Å². The molecule has 21 heavy (non-hydrogen) atoms. The fraction of sp³-hybridized carbons (Fsp3) is 0.389. The number of hydrogen-bond donors (Lipinski definition) is 0. The molecule has 3 nitrogen and oxygen atoms in total. The molecule has 0 bridgehead atoms. The summed E-state index contributed by atoms with van der Waals surface area (Å²) in [6.45, 7) is 1.83. The Morgan fingerprint density at radius 1 is 1.19 bits per heavy atom. The van der Waals surface area contributed by atoms with Crippen molar-refractivity contribution in [3.63, 3.8) is 0 Å². The number of benzene rings is 1. The van der Waals surface area contributed by atoms with Gasteiger partial charge >= 0.3 is 0 Å². The van der Waals surface area contributed by atoms with Gasteiger partial charge in [-0.1, -0.05) is 54.6 Å². The van der Waals surface area contributed by atoms with Crippen molar-refractivity contribution in [2.45, 2.75) is 19.4 Å². The highest BCUT2D eigenvalue weighted by Crippen LogP contribution is 2.10. The standard InChI is InChI=1S/C18H24O3/c1-20-14-7-3-6-11-18(12-8-13-19)16-21-15-17-9-4-2-5-10-17/h2-7,9-11,13,18H,8,12,14-16H2,1H3/b7-3+,11-6+. The van der Waals surface area contributed by atoms with E-state index in [1.807, 2.05) is 48.6 Å². The van der Waals surface area contributed by atoms with Crippen LogP contribution in [0.2, 0.25) is 0 Å². The van der Waals surface area contributed by atoms with Gasteiger partial charge in [0.2, 0.25) is 0 Å². The number of rotatable bonds is 11. The molecule has 0 saturated heterocycles. The molecule has 1 rings (SSSR count). The van der Waals surface area contributed by atoms with Crippen LogP contribution in [0.25, 0.3) is 0 Å². The summed E-state index contributed by atoms with van der Waals surface area (Å²) in [6, 6.07) is 10.1. The number of hydrogen-bond acceptors (Lipinski definition) is 3. The summed E-state index contributed by atoms with van der Waals surface area (Å²) >= 11 is 0. The monoisotopic (exact) mass is 288 g/mol. The van der Waals surface area contributed by atoms with Crippen molar-refractivity contribution in [2.24, 2.45) is 5.92 Å². The third-order valence-electron chi connectivity index (χ3n) is 2.99. The lowest BCUT2D eigenvalue weighted by atomic mass is 10.0. The molecule has 0 N–H and O–H groups in total. The molecule has 0 heterocycles. The van der Waals surface area contributed by atoms with Crippen LogP contribution in [0.15, 0.2) is 54.6 Å². The van der Waals surface area contributed by atoms with Gasteiger partial charge in [0.05, 0.1) is 19.8 Å². The van der Waals surface area contributed by atoms with Crippen LogP contribution in [0.3, 0.4) is 0 Å². The zero-order valence-electron chi connectivity index (χ0n) is 12.6. The number of ether oxygens (including phenoxy) is 2. The number of carbonyl (C=O) groups is 1. The van der Waals surface area contributed by atoms with Gasteiger partial charge in [0.15, 0.2) is 0 Å². The summed E-state index contributed by atoms with van der Waals surface area (Å²) in [5, 5.41) is 0. The maximum atomic E-state index is 10.5. The van der Waals surface area contributed by atoms with E-state index in [4.69, 9.17) is 9.47 Å². The SMILES string of the molecule is COC/C=C/C=C/C(CCC=O)COCc1ccccc1. The first-order valence-corrected chi connectivity index (χ1v) is 7.24. The van der Waals surface area contributed by atoms with Crippen molar-refractivity contribution >= 4 is 6.29 Å². The van der Waals surface area contributed by atoms with E-state index in [-0.39, 0.29) is 5.92 Å². The molecule has 0 saturated carbocycles. The second-order valence-corrected chi connectivity index (χ2v) is 4.77. The van der Waals surface area contributed by atoms with Gasteiger partial charge in [0.1, 0.15) is 6.29 Å². The number of aldehydes is 1. The fourth-order valence-corrected chi connectivity index (χ4v) is 1.87. The van der Waals surface area contributed by atoms with Crippen LogP contribution in [0, 0.1) is 5.92 Å². The Labute approximate surface area is 127 Å². The van der Waals surface area contributed by atoms with Gasteiger partial charge in [0, 0.05) is 19.4 Å². The summed E-state index contributed by atoms with van der Waals surface area (Å²) in [6.07, 6.45) is 10.3. The Balaban J connectivity index is 2.36. The summed E-state index contributed by atoms with van der Waals surface area (Å²) in [4.78, 5) is 10.5. The van der Waals surface area contributed by atoms with Crippen molar-refractivity contribution in [3.8, 4) is 0 Å². The maximum absolute atomic E-state index is 10.5. The Kier molecular flexibility index (Phi) is 9.96. The third kappa shape index (κ3) is 8.95. The van der Waals surface area contributed by atoms with Crippen molar-refractivity contribution in [3.05, 3.63) is 60.2 Å². The van der Waals surface area contributed by atoms with Gasteiger partial charge in [-0.15, -0.1) is 0 Å². The van der Waals surface area contributed by atoms with E-state index in [0.717, 1.165) is 18.3 Å². The van der Waals surface area contributed by atoms with Crippen molar-refractivity contribution < 1.29 is 14.3 Å². The Morgan fingerprint density at radius 2 is 2.00 bits per heavy atom. The minimum atomic E-state index is 0.256. The second-order valence-electron chi connectivity index (χ2n) is 4.77. The molecule has 0 amide bonds. The Morgan fingerprint density at radius 3 is 2.71 bits per heavy atom. The largest absolute Gasteiger partial charge is 0.381 e. The fourth-order valence-electron chi connectivity index (χ4n) is 1.87. The number of allylic oxidation sites excluding steroid dienone is 2. The molecular formula is C18H24O3. The van der Waals surface area contributed by atoms with E-state index in [0.29, 0.717) is 26.2 Å². The molecule has 0 aliphatic carbocycles. The van der Waals surface area contributed by atoms with Gasteiger partial charge in [-0.25, -0.2) is 0 Å². The predicted octanol–water partition coefficient (Wildman–Crippen LogP) is 3.56. The summed E-state index contributed by atoms with van der Waals surface area (Å²) < 4.78 is 10.7. The van der Waals surface area contributed by atoms with Crippen LogP contribution in [0.5, 0.6) is 0 Å². The first-order valence-electron chi connectivity index (χ1n) is 7.24. The topological polar surface area (TPSA) is 35.5 Å². The molecule has 0 aliphatic rings. The molecule has 1 unspecified atom stereocenters. The highest BCUT2D eigenvalue weighted by Gasteiger charge is 2.04. The molecule has 1 aromatic carbocycles. The highest BCUT2D eigenvalue weighted by atomic mass is 16.5. The first-order chi connectivity index (χ1) is 10.4. The molecule has 0 radical (unpaired) electrons. The zero-order chi connectivity index (χ0) is 15.2. The molecular weight excluding hydrogens is 264 g/mol. The van der Waals surface area contributed by atoms with Gasteiger partial charge < -0.3 is 14.3 Å². The number of carbonyl (C=O) groups excluding carboxylic acids is 1. The van der Waals surface area contributed by atoms with Gasteiger partial charge in [-0.3, -0.25) is 0 Å². The normalized spacial score (nSPS) is 13.0. The van der Waals surface area contributed by atoms with E-state index in [1.165, 1.54) is 0 Å². The molecule has 0 fully saturated rings. The quantitative estimate of drug-likeness (QED) is 0.461. The zero-order valence-corrected chi connectivity index (χ0v) is 12.6. The highest BCUT2D eigenvalue weighted by molar-refractivity contribution is 5.49. The first kappa shape index (κ1) is 17.3. The molecule has 1 aromatic rings.